The number of carbonyl (C=O) groups excluding carboxylic acids is 2. The zero-order chi connectivity index (χ0) is 13.0. The summed E-state index contributed by atoms with van der Waals surface area (Å²) in [6.07, 6.45) is 1.16. The van der Waals surface area contributed by atoms with Crippen molar-refractivity contribution in [1.29, 1.82) is 5.26 Å². The van der Waals surface area contributed by atoms with Crippen molar-refractivity contribution in [3.8, 4) is 6.07 Å². The van der Waals surface area contributed by atoms with Gasteiger partial charge in [0.15, 0.2) is 5.78 Å². The van der Waals surface area contributed by atoms with Gasteiger partial charge in [0.2, 0.25) is 5.91 Å². The number of ketones is 1. The molecular weight excluding hydrogens is 236 g/mol. The number of carbonyl (C=O) groups is 2. The summed E-state index contributed by atoms with van der Waals surface area (Å²) in [6.45, 7) is 5.09. The van der Waals surface area contributed by atoms with Gasteiger partial charge in [0.25, 0.3) is 0 Å². The molecule has 4 nitrogen and oxygen atoms in total. The van der Waals surface area contributed by atoms with Crippen LogP contribution in [0.2, 0.25) is 0 Å². The molecule has 0 saturated heterocycles. The van der Waals surface area contributed by atoms with Gasteiger partial charge >= 0.3 is 0 Å². The van der Waals surface area contributed by atoms with E-state index in [1.54, 1.807) is 6.92 Å². The van der Waals surface area contributed by atoms with Crippen molar-refractivity contribution in [2.45, 2.75) is 33.6 Å². The Morgan fingerprint density at radius 1 is 1.47 bits per heavy atom. The highest BCUT2D eigenvalue weighted by atomic mass is 32.1. The zero-order valence-electron chi connectivity index (χ0n) is 10.1. The number of nitrogens with zero attached hydrogens (tertiary/aromatic N) is 1. The number of rotatable bonds is 4. The van der Waals surface area contributed by atoms with Crippen LogP contribution in [0.4, 0.5) is 5.00 Å². The molecule has 0 atom stereocenters. The highest BCUT2D eigenvalue weighted by Crippen LogP contribution is 2.32. The normalized spacial score (nSPS) is 9.76. The molecule has 0 spiro atoms. The van der Waals surface area contributed by atoms with Crippen molar-refractivity contribution in [3.63, 3.8) is 0 Å². The predicted molar refractivity (Wildman–Crippen MR) is 67.3 cm³/mol. The summed E-state index contributed by atoms with van der Waals surface area (Å²) in [4.78, 5) is 23.4. The number of amides is 1. The topological polar surface area (TPSA) is 70.0 Å². The summed E-state index contributed by atoms with van der Waals surface area (Å²) in [5.41, 5.74) is 1.04. The summed E-state index contributed by atoms with van der Waals surface area (Å²) >= 11 is 1.17. The van der Waals surface area contributed by atoms with E-state index in [0.717, 1.165) is 6.42 Å². The number of anilines is 1. The fourth-order valence-corrected chi connectivity index (χ4v) is 2.56. The first kappa shape index (κ1) is 13.4. The third kappa shape index (κ3) is 2.92. The summed E-state index contributed by atoms with van der Waals surface area (Å²) in [7, 11) is 0. The number of nitrogens with one attached hydrogen (secondary N) is 1. The van der Waals surface area contributed by atoms with E-state index in [2.05, 4.69) is 5.32 Å². The van der Waals surface area contributed by atoms with Crippen LogP contribution in [0.15, 0.2) is 0 Å². The summed E-state index contributed by atoms with van der Waals surface area (Å²) < 4.78 is 0. The van der Waals surface area contributed by atoms with Crippen LogP contribution >= 0.6 is 11.3 Å². The molecule has 0 aliphatic carbocycles. The van der Waals surface area contributed by atoms with Gasteiger partial charge in [0, 0.05) is 6.42 Å². The molecule has 1 N–H and O–H groups in total. The Hall–Kier alpha value is -1.67. The van der Waals surface area contributed by atoms with Crippen molar-refractivity contribution in [3.05, 3.63) is 16.0 Å². The minimum Gasteiger partial charge on any atom is -0.317 e. The Kier molecular flexibility index (Phi) is 4.41. The molecule has 0 unspecified atom stereocenters. The van der Waals surface area contributed by atoms with E-state index in [1.807, 2.05) is 13.0 Å². The predicted octanol–water partition coefficient (Wildman–Crippen LogP) is 2.87. The van der Waals surface area contributed by atoms with Crippen LogP contribution in [0.5, 0.6) is 0 Å². The minimum atomic E-state index is -0.125. The van der Waals surface area contributed by atoms with Gasteiger partial charge in [-0.3, -0.25) is 9.59 Å². The van der Waals surface area contributed by atoms with Gasteiger partial charge < -0.3 is 5.32 Å². The zero-order valence-corrected chi connectivity index (χ0v) is 10.9. The van der Waals surface area contributed by atoms with E-state index in [9.17, 15) is 9.59 Å². The van der Waals surface area contributed by atoms with Crippen LogP contribution in [0.25, 0.3) is 0 Å². The molecule has 1 rings (SSSR count). The van der Waals surface area contributed by atoms with E-state index >= 15 is 0 Å². The van der Waals surface area contributed by atoms with E-state index in [-0.39, 0.29) is 11.7 Å². The maximum atomic E-state index is 11.5. The smallest absolute Gasteiger partial charge is 0.224 e. The van der Waals surface area contributed by atoms with Crippen molar-refractivity contribution in [1.82, 2.24) is 0 Å². The minimum absolute atomic E-state index is 0.0833. The van der Waals surface area contributed by atoms with E-state index < -0.39 is 0 Å². The van der Waals surface area contributed by atoms with Crippen LogP contribution in [0.3, 0.4) is 0 Å². The van der Waals surface area contributed by atoms with Crippen LogP contribution in [0.1, 0.15) is 47.5 Å². The molecule has 5 heteroatoms. The summed E-state index contributed by atoms with van der Waals surface area (Å²) in [5.74, 6) is -0.208. The maximum Gasteiger partial charge on any atom is 0.224 e. The first-order valence-corrected chi connectivity index (χ1v) is 6.17. The largest absolute Gasteiger partial charge is 0.317 e. The lowest BCUT2D eigenvalue weighted by Crippen LogP contribution is -2.10. The Balaban J connectivity index is 3.08. The molecule has 1 amide bonds. The second kappa shape index (κ2) is 5.60. The number of hydrogen-bond donors (Lipinski definition) is 1. The highest BCUT2D eigenvalue weighted by molar-refractivity contribution is 7.18. The van der Waals surface area contributed by atoms with E-state index in [4.69, 9.17) is 5.26 Å². The quantitative estimate of drug-likeness (QED) is 0.835. The molecule has 1 aromatic rings. The molecule has 17 heavy (non-hydrogen) atoms. The molecule has 0 bridgehead atoms. The Bertz CT molecular complexity index is 497. The number of hydrogen-bond acceptors (Lipinski definition) is 4. The molecule has 0 radical (unpaired) electrons. The SMILES string of the molecule is CCCC(=O)Nc1sc(C(C)=O)c(C)c1C#N. The molecule has 1 heterocycles. The maximum absolute atomic E-state index is 11.5. The van der Waals surface area contributed by atoms with Crippen molar-refractivity contribution in [2.24, 2.45) is 0 Å². The Labute approximate surface area is 104 Å². The van der Waals surface area contributed by atoms with E-state index in [0.29, 0.717) is 27.4 Å². The second-order valence-electron chi connectivity index (χ2n) is 3.73. The molecule has 0 aliphatic rings. The van der Waals surface area contributed by atoms with Gasteiger partial charge in [0.05, 0.1) is 10.4 Å². The lowest BCUT2D eigenvalue weighted by atomic mass is 10.1. The Morgan fingerprint density at radius 3 is 2.59 bits per heavy atom. The molecular formula is C12H14N2O2S. The first-order chi connectivity index (χ1) is 8.01. The molecule has 0 fully saturated rings. The highest BCUT2D eigenvalue weighted by Gasteiger charge is 2.18. The summed E-state index contributed by atoms with van der Waals surface area (Å²) in [6, 6.07) is 2.03. The fourth-order valence-electron chi connectivity index (χ4n) is 1.49. The summed E-state index contributed by atoms with van der Waals surface area (Å²) in [5, 5.41) is 12.2. The molecule has 0 saturated carbocycles. The first-order valence-electron chi connectivity index (χ1n) is 5.35. The standard InChI is InChI=1S/C12H14N2O2S/c1-4-5-10(16)14-12-9(6-13)7(2)11(17-12)8(3)15/h4-5H2,1-3H3,(H,14,16). The number of nitriles is 1. The average molecular weight is 250 g/mol. The molecule has 90 valence electrons. The lowest BCUT2D eigenvalue weighted by Gasteiger charge is -2.00. The fraction of sp³-hybridized carbons (Fsp3) is 0.417. The van der Waals surface area contributed by atoms with Gasteiger partial charge in [-0.25, -0.2) is 0 Å². The van der Waals surface area contributed by atoms with Gasteiger partial charge in [-0.05, 0) is 25.8 Å². The van der Waals surface area contributed by atoms with Gasteiger partial charge in [-0.1, -0.05) is 6.92 Å². The third-order valence-corrected chi connectivity index (χ3v) is 3.62. The number of Topliss-reactive ketones (excluding diaryl/α,β-unsaturated/α-hetero) is 1. The van der Waals surface area contributed by atoms with Crippen LogP contribution in [0, 0.1) is 18.3 Å². The van der Waals surface area contributed by atoms with Gasteiger partial charge in [-0.15, -0.1) is 11.3 Å². The Morgan fingerprint density at radius 2 is 2.12 bits per heavy atom. The molecule has 0 aromatic carbocycles. The van der Waals surface area contributed by atoms with Crippen molar-refractivity contribution >= 4 is 28.0 Å². The van der Waals surface area contributed by atoms with Crippen LogP contribution in [-0.4, -0.2) is 11.7 Å². The van der Waals surface area contributed by atoms with Crippen molar-refractivity contribution in [2.75, 3.05) is 5.32 Å². The molecule has 0 aliphatic heterocycles. The van der Waals surface area contributed by atoms with Crippen LogP contribution in [-0.2, 0) is 4.79 Å². The van der Waals surface area contributed by atoms with E-state index in [1.165, 1.54) is 18.3 Å². The van der Waals surface area contributed by atoms with Gasteiger partial charge in [0.1, 0.15) is 11.1 Å². The monoisotopic (exact) mass is 250 g/mol. The van der Waals surface area contributed by atoms with Crippen molar-refractivity contribution < 1.29 is 9.59 Å². The third-order valence-electron chi connectivity index (χ3n) is 2.31. The second-order valence-corrected chi connectivity index (χ2v) is 4.75. The van der Waals surface area contributed by atoms with Gasteiger partial charge in [-0.2, -0.15) is 5.26 Å². The average Bonchev–Trinajstić information content (AvgIpc) is 2.55. The van der Waals surface area contributed by atoms with Crippen LogP contribution < -0.4 is 5.32 Å². The molecule has 1 aromatic heterocycles. The number of thiophene rings is 1. The lowest BCUT2D eigenvalue weighted by molar-refractivity contribution is -0.116.